The van der Waals surface area contributed by atoms with Gasteiger partial charge in [0.1, 0.15) is 0 Å². The van der Waals surface area contributed by atoms with Gasteiger partial charge in [-0.3, -0.25) is 9.69 Å². The Morgan fingerprint density at radius 2 is 2.24 bits per heavy atom. The molecule has 1 aliphatic rings. The third kappa shape index (κ3) is 4.76. The molecule has 112 valence electrons. The molecule has 1 aliphatic carbocycles. The minimum Gasteiger partial charge on any atom is -0.399 e. The first-order valence-electron chi connectivity index (χ1n) is 7.37. The number of carbonyl (C=O) groups excluding carboxylic acids is 1. The molecule has 5 nitrogen and oxygen atoms in total. The Bertz CT molecular complexity index is 546. The van der Waals surface area contributed by atoms with Crippen LogP contribution in [0.2, 0.25) is 0 Å². The van der Waals surface area contributed by atoms with Gasteiger partial charge in [0.25, 0.3) is 0 Å². The molecule has 0 saturated heterocycles. The number of anilines is 2. The number of benzene rings is 1. The third-order valence-corrected chi connectivity index (χ3v) is 3.74. The Morgan fingerprint density at radius 1 is 1.48 bits per heavy atom. The second-order valence-corrected chi connectivity index (χ2v) is 5.55. The highest BCUT2D eigenvalue weighted by Crippen LogP contribution is 2.27. The molecule has 0 bridgehead atoms. The van der Waals surface area contributed by atoms with Gasteiger partial charge in [0.2, 0.25) is 5.91 Å². The Kier molecular flexibility index (Phi) is 5.18. The zero-order valence-corrected chi connectivity index (χ0v) is 12.4. The lowest BCUT2D eigenvalue weighted by atomic mass is 10.2. The Hall–Kier alpha value is -2.06. The zero-order valence-electron chi connectivity index (χ0n) is 12.4. The van der Waals surface area contributed by atoms with E-state index < -0.39 is 0 Å². The van der Waals surface area contributed by atoms with E-state index in [4.69, 9.17) is 11.0 Å². The fraction of sp³-hybridized carbons (Fsp3) is 0.500. The standard InChI is InChI=1S/C16H22N4O/c1-12-3-4-13(18)11-15(12)19-16(21)7-10-20(9-2-8-17)14-5-6-14/h3-4,11,14H,2,5-7,9-10,18H2,1H3,(H,19,21). The van der Waals surface area contributed by atoms with E-state index in [1.165, 1.54) is 12.8 Å². The third-order valence-electron chi connectivity index (χ3n) is 3.74. The summed E-state index contributed by atoms with van der Waals surface area (Å²) in [6.45, 7) is 3.41. The van der Waals surface area contributed by atoms with E-state index in [9.17, 15) is 4.79 Å². The van der Waals surface area contributed by atoms with Crippen LogP contribution >= 0.6 is 0 Å². The van der Waals surface area contributed by atoms with Crippen molar-refractivity contribution >= 4 is 17.3 Å². The summed E-state index contributed by atoms with van der Waals surface area (Å²) in [5.74, 6) is -0.00805. The summed E-state index contributed by atoms with van der Waals surface area (Å²) >= 11 is 0. The number of nitrogen functional groups attached to an aromatic ring is 1. The van der Waals surface area contributed by atoms with Gasteiger partial charge in [-0.2, -0.15) is 5.26 Å². The van der Waals surface area contributed by atoms with Crippen molar-refractivity contribution in [3.8, 4) is 6.07 Å². The molecule has 0 heterocycles. The summed E-state index contributed by atoms with van der Waals surface area (Å²) in [5, 5.41) is 11.6. The number of rotatable bonds is 7. The van der Waals surface area contributed by atoms with E-state index in [0.29, 0.717) is 31.1 Å². The molecule has 1 fully saturated rings. The van der Waals surface area contributed by atoms with E-state index in [1.54, 1.807) is 6.07 Å². The molecule has 0 aliphatic heterocycles. The number of aryl methyl sites for hydroxylation is 1. The molecule has 1 aromatic carbocycles. The van der Waals surface area contributed by atoms with Crippen molar-refractivity contribution in [2.75, 3.05) is 24.1 Å². The first kappa shape index (κ1) is 15.3. The molecule has 1 aromatic rings. The minimum absolute atomic E-state index is 0.00805. The first-order chi connectivity index (χ1) is 10.1. The van der Waals surface area contributed by atoms with Crippen LogP contribution in [-0.2, 0) is 4.79 Å². The number of nitrogens with two attached hydrogens (primary N) is 1. The molecule has 1 amide bonds. The highest BCUT2D eigenvalue weighted by molar-refractivity contribution is 5.92. The van der Waals surface area contributed by atoms with E-state index in [0.717, 1.165) is 17.8 Å². The number of nitriles is 1. The lowest BCUT2D eigenvalue weighted by Crippen LogP contribution is -2.30. The summed E-state index contributed by atoms with van der Waals surface area (Å²) in [6.07, 6.45) is 3.32. The molecule has 3 N–H and O–H groups in total. The van der Waals surface area contributed by atoms with Crippen LogP contribution in [0, 0.1) is 18.3 Å². The molecule has 21 heavy (non-hydrogen) atoms. The largest absolute Gasteiger partial charge is 0.399 e. The van der Waals surface area contributed by atoms with E-state index in [-0.39, 0.29) is 5.91 Å². The van der Waals surface area contributed by atoms with Crippen LogP contribution in [0.25, 0.3) is 0 Å². The van der Waals surface area contributed by atoms with Gasteiger partial charge >= 0.3 is 0 Å². The summed E-state index contributed by atoms with van der Waals surface area (Å²) in [7, 11) is 0. The molecule has 0 atom stereocenters. The van der Waals surface area contributed by atoms with Crippen LogP contribution in [0.1, 0.15) is 31.2 Å². The molecular formula is C16H22N4O. The molecule has 0 unspecified atom stereocenters. The van der Waals surface area contributed by atoms with Crippen LogP contribution < -0.4 is 11.1 Å². The predicted octanol–water partition coefficient (Wildman–Crippen LogP) is 2.28. The van der Waals surface area contributed by atoms with Gasteiger partial charge in [-0.05, 0) is 37.5 Å². The minimum atomic E-state index is -0.00805. The highest BCUT2D eigenvalue weighted by atomic mass is 16.1. The molecule has 0 spiro atoms. The normalized spacial score (nSPS) is 14.0. The number of nitrogens with one attached hydrogen (secondary N) is 1. The van der Waals surface area contributed by atoms with Crippen molar-refractivity contribution in [2.45, 2.75) is 38.6 Å². The number of nitrogens with zero attached hydrogens (tertiary/aromatic N) is 2. The van der Waals surface area contributed by atoms with Crippen molar-refractivity contribution in [3.05, 3.63) is 23.8 Å². The maximum atomic E-state index is 12.1. The van der Waals surface area contributed by atoms with Gasteiger partial charge in [0.15, 0.2) is 0 Å². The van der Waals surface area contributed by atoms with Gasteiger partial charge in [0.05, 0.1) is 6.07 Å². The van der Waals surface area contributed by atoms with Gasteiger partial charge < -0.3 is 11.1 Å². The predicted molar refractivity (Wildman–Crippen MR) is 83.7 cm³/mol. The Morgan fingerprint density at radius 3 is 2.90 bits per heavy atom. The highest BCUT2D eigenvalue weighted by Gasteiger charge is 2.28. The molecule has 5 heteroatoms. The molecule has 0 radical (unpaired) electrons. The number of hydrogen-bond donors (Lipinski definition) is 2. The van der Waals surface area contributed by atoms with Crippen LogP contribution in [0.15, 0.2) is 18.2 Å². The lowest BCUT2D eigenvalue weighted by Gasteiger charge is -2.20. The maximum Gasteiger partial charge on any atom is 0.225 e. The molecule has 1 saturated carbocycles. The van der Waals surface area contributed by atoms with Gasteiger partial charge in [-0.25, -0.2) is 0 Å². The number of carbonyl (C=O) groups is 1. The second-order valence-electron chi connectivity index (χ2n) is 5.55. The average Bonchev–Trinajstić information content (AvgIpc) is 3.27. The van der Waals surface area contributed by atoms with Crippen molar-refractivity contribution in [1.82, 2.24) is 4.90 Å². The smallest absolute Gasteiger partial charge is 0.225 e. The maximum absolute atomic E-state index is 12.1. The van der Waals surface area contributed by atoms with Gasteiger partial charge in [-0.1, -0.05) is 6.07 Å². The Balaban J connectivity index is 1.83. The SMILES string of the molecule is Cc1ccc(N)cc1NC(=O)CCN(CCC#N)C1CC1. The van der Waals surface area contributed by atoms with Crippen molar-refractivity contribution < 1.29 is 4.79 Å². The zero-order chi connectivity index (χ0) is 15.2. The van der Waals surface area contributed by atoms with E-state index in [1.807, 2.05) is 19.1 Å². The average molecular weight is 286 g/mol. The first-order valence-corrected chi connectivity index (χ1v) is 7.37. The fourth-order valence-corrected chi connectivity index (χ4v) is 2.34. The summed E-state index contributed by atoms with van der Waals surface area (Å²) in [6, 6.07) is 8.23. The Labute approximate surface area is 125 Å². The molecule has 2 rings (SSSR count). The fourth-order valence-electron chi connectivity index (χ4n) is 2.34. The molecular weight excluding hydrogens is 264 g/mol. The van der Waals surface area contributed by atoms with Crippen LogP contribution in [0.5, 0.6) is 0 Å². The van der Waals surface area contributed by atoms with Crippen LogP contribution in [-0.4, -0.2) is 29.9 Å². The summed E-state index contributed by atoms with van der Waals surface area (Å²) < 4.78 is 0. The van der Waals surface area contributed by atoms with E-state index >= 15 is 0 Å². The summed E-state index contributed by atoms with van der Waals surface area (Å²) in [5.41, 5.74) is 8.16. The van der Waals surface area contributed by atoms with Crippen molar-refractivity contribution in [2.24, 2.45) is 0 Å². The molecule has 0 aromatic heterocycles. The monoisotopic (exact) mass is 286 g/mol. The van der Waals surface area contributed by atoms with Crippen LogP contribution in [0.3, 0.4) is 0 Å². The van der Waals surface area contributed by atoms with Gasteiger partial charge in [0, 0.05) is 43.3 Å². The van der Waals surface area contributed by atoms with E-state index in [2.05, 4.69) is 16.3 Å². The number of amides is 1. The topological polar surface area (TPSA) is 82.2 Å². The van der Waals surface area contributed by atoms with Crippen molar-refractivity contribution in [3.63, 3.8) is 0 Å². The van der Waals surface area contributed by atoms with Gasteiger partial charge in [-0.15, -0.1) is 0 Å². The lowest BCUT2D eigenvalue weighted by molar-refractivity contribution is -0.116. The quantitative estimate of drug-likeness (QED) is 0.753. The summed E-state index contributed by atoms with van der Waals surface area (Å²) in [4.78, 5) is 14.3. The van der Waals surface area contributed by atoms with Crippen molar-refractivity contribution in [1.29, 1.82) is 5.26 Å². The number of hydrogen-bond acceptors (Lipinski definition) is 4. The second kappa shape index (κ2) is 7.09. The van der Waals surface area contributed by atoms with Crippen LogP contribution in [0.4, 0.5) is 11.4 Å².